The molecular weight excluding hydrogens is 240 g/mol. The fourth-order valence-corrected chi connectivity index (χ4v) is 1.93. The number of carbonyl (C=O) groups is 1. The second-order valence-electron chi connectivity index (χ2n) is 4.72. The number of hydrogen-bond acceptors (Lipinski definition) is 3. The molecule has 1 heterocycles. The van der Waals surface area contributed by atoms with E-state index in [9.17, 15) is 4.79 Å². The van der Waals surface area contributed by atoms with Gasteiger partial charge in [0.15, 0.2) is 0 Å². The number of amides is 1. The third-order valence-corrected chi connectivity index (χ3v) is 2.98. The first-order valence-corrected chi connectivity index (χ1v) is 6.43. The fraction of sp³-hybridized carbons (Fsp3) is 0.357. The Morgan fingerprint density at radius 2 is 2.16 bits per heavy atom. The van der Waals surface area contributed by atoms with Gasteiger partial charge in [-0.25, -0.2) is 5.10 Å². The molecule has 0 bridgehead atoms. The Labute approximate surface area is 112 Å². The van der Waals surface area contributed by atoms with Crippen LogP contribution in [-0.4, -0.2) is 21.1 Å². The molecule has 100 valence electrons. The van der Waals surface area contributed by atoms with Gasteiger partial charge in [-0.05, 0) is 24.3 Å². The standard InChI is InChI=1S/C14H18N4O/c1-11(7-8-12-5-3-2-4-6-12)9-13(19)17-14-15-10-16-18-14/h2-6,10-11H,7-9H2,1H3,(H2,15,16,17,18,19)/t11-/m0/s1. The molecule has 0 spiro atoms. The zero-order valence-corrected chi connectivity index (χ0v) is 11.0. The van der Waals surface area contributed by atoms with E-state index in [-0.39, 0.29) is 5.91 Å². The normalized spacial score (nSPS) is 12.1. The summed E-state index contributed by atoms with van der Waals surface area (Å²) in [5.74, 6) is 0.709. The lowest BCUT2D eigenvalue weighted by Crippen LogP contribution is -2.16. The van der Waals surface area contributed by atoms with Gasteiger partial charge in [0.05, 0.1) is 0 Å². The molecule has 0 fully saturated rings. The van der Waals surface area contributed by atoms with Crippen LogP contribution >= 0.6 is 0 Å². The van der Waals surface area contributed by atoms with Crippen molar-refractivity contribution in [3.63, 3.8) is 0 Å². The number of aromatic nitrogens is 3. The first-order chi connectivity index (χ1) is 9.24. The van der Waals surface area contributed by atoms with Crippen LogP contribution in [0.4, 0.5) is 5.95 Å². The number of aromatic amines is 1. The van der Waals surface area contributed by atoms with Crippen molar-refractivity contribution in [2.45, 2.75) is 26.2 Å². The van der Waals surface area contributed by atoms with Crippen molar-refractivity contribution in [1.29, 1.82) is 0 Å². The summed E-state index contributed by atoms with van der Waals surface area (Å²) in [6, 6.07) is 10.3. The summed E-state index contributed by atoms with van der Waals surface area (Å²) in [6.07, 6.45) is 3.85. The number of nitrogens with one attached hydrogen (secondary N) is 2. The Morgan fingerprint density at radius 1 is 1.37 bits per heavy atom. The van der Waals surface area contributed by atoms with Crippen molar-refractivity contribution in [3.05, 3.63) is 42.2 Å². The lowest BCUT2D eigenvalue weighted by atomic mass is 9.98. The second-order valence-corrected chi connectivity index (χ2v) is 4.72. The van der Waals surface area contributed by atoms with Crippen LogP contribution in [0.3, 0.4) is 0 Å². The van der Waals surface area contributed by atoms with E-state index in [0.717, 1.165) is 12.8 Å². The molecule has 0 saturated heterocycles. The van der Waals surface area contributed by atoms with E-state index in [2.05, 4.69) is 39.6 Å². The summed E-state index contributed by atoms with van der Waals surface area (Å²) < 4.78 is 0. The molecule has 5 heteroatoms. The number of H-pyrrole nitrogens is 1. The monoisotopic (exact) mass is 258 g/mol. The molecule has 1 aromatic heterocycles. The number of anilines is 1. The van der Waals surface area contributed by atoms with Crippen molar-refractivity contribution in [2.24, 2.45) is 5.92 Å². The van der Waals surface area contributed by atoms with Crippen LogP contribution in [0, 0.1) is 5.92 Å². The average Bonchev–Trinajstić information content (AvgIpc) is 2.90. The molecule has 2 N–H and O–H groups in total. The molecule has 5 nitrogen and oxygen atoms in total. The number of aryl methyl sites for hydroxylation is 1. The van der Waals surface area contributed by atoms with E-state index in [1.165, 1.54) is 11.9 Å². The number of carbonyl (C=O) groups excluding carboxylic acids is 1. The minimum Gasteiger partial charge on any atom is -0.295 e. The van der Waals surface area contributed by atoms with Crippen molar-refractivity contribution in [3.8, 4) is 0 Å². The van der Waals surface area contributed by atoms with E-state index in [1.807, 2.05) is 18.2 Å². The number of benzene rings is 1. The summed E-state index contributed by atoms with van der Waals surface area (Å²) in [5.41, 5.74) is 1.31. The third kappa shape index (κ3) is 4.54. The van der Waals surface area contributed by atoms with E-state index in [0.29, 0.717) is 18.3 Å². The average molecular weight is 258 g/mol. The Morgan fingerprint density at radius 3 is 2.84 bits per heavy atom. The van der Waals surface area contributed by atoms with Crippen molar-refractivity contribution < 1.29 is 4.79 Å². The van der Waals surface area contributed by atoms with Crippen molar-refractivity contribution in [2.75, 3.05) is 5.32 Å². The van der Waals surface area contributed by atoms with Gasteiger partial charge in [-0.1, -0.05) is 37.3 Å². The van der Waals surface area contributed by atoms with Crippen LogP contribution < -0.4 is 5.32 Å². The summed E-state index contributed by atoms with van der Waals surface area (Å²) in [6.45, 7) is 2.09. The van der Waals surface area contributed by atoms with E-state index in [4.69, 9.17) is 0 Å². The molecule has 0 aliphatic rings. The van der Waals surface area contributed by atoms with Crippen LogP contribution in [0.25, 0.3) is 0 Å². The van der Waals surface area contributed by atoms with Gasteiger partial charge in [-0.2, -0.15) is 10.1 Å². The number of hydrogen-bond donors (Lipinski definition) is 2. The quantitative estimate of drug-likeness (QED) is 0.835. The van der Waals surface area contributed by atoms with Crippen LogP contribution in [-0.2, 0) is 11.2 Å². The minimum absolute atomic E-state index is 0.0303. The zero-order valence-electron chi connectivity index (χ0n) is 11.0. The maximum absolute atomic E-state index is 11.7. The highest BCUT2D eigenvalue weighted by atomic mass is 16.1. The molecule has 1 aromatic carbocycles. The zero-order chi connectivity index (χ0) is 13.5. The lowest BCUT2D eigenvalue weighted by Gasteiger charge is -2.10. The maximum Gasteiger partial charge on any atom is 0.226 e. The smallest absolute Gasteiger partial charge is 0.226 e. The first kappa shape index (κ1) is 13.3. The van der Waals surface area contributed by atoms with Gasteiger partial charge in [-0.3, -0.25) is 10.1 Å². The summed E-state index contributed by atoms with van der Waals surface area (Å²) in [7, 11) is 0. The van der Waals surface area contributed by atoms with Crippen molar-refractivity contribution >= 4 is 11.9 Å². The minimum atomic E-state index is -0.0303. The third-order valence-electron chi connectivity index (χ3n) is 2.98. The maximum atomic E-state index is 11.7. The first-order valence-electron chi connectivity index (χ1n) is 6.43. The summed E-state index contributed by atoms with van der Waals surface area (Å²) >= 11 is 0. The molecule has 2 aromatic rings. The van der Waals surface area contributed by atoms with Gasteiger partial charge in [0, 0.05) is 6.42 Å². The molecule has 0 radical (unpaired) electrons. The molecule has 1 atom stereocenters. The van der Waals surface area contributed by atoms with E-state index >= 15 is 0 Å². The number of rotatable bonds is 6. The lowest BCUT2D eigenvalue weighted by molar-refractivity contribution is -0.117. The van der Waals surface area contributed by atoms with Crippen LogP contribution in [0.2, 0.25) is 0 Å². The number of nitrogens with zero attached hydrogens (tertiary/aromatic N) is 2. The van der Waals surface area contributed by atoms with Gasteiger partial charge in [0.1, 0.15) is 6.33 Å². The second kappa shape index (κ2) is 6.68. The van der Waals surface area contributed by atoms with Crippen LogP contribution in [0.1, 0.15) is 25.3 Å². The van der Waals surface area contributed by atoms with Crippen LogP contribution in [0.5, 0.6) is 0 Å². The fourth-order valence-electron chi connectivity index (χ4n) is 1.93. The molecule has 19 heavy (non-hydrogen) atoms. The van der Waals surface area contributed by atoms with Gasteiger partial charge >= 0.3 is 0 Å². The molecule has 2 rings (SSSR count). The molecule has 0 aliphatic heterocycles. The van der Waals surface area contributed by atoms with Gasteiger partial charge in [0.2, 0.25) is 11.9 Å². The highest BCUT2D eigenvalue weighted by Crippen LogP contribution is 2.13. The summed E-state index contributed by atoms with van der Waals surface area (Å²) in [4.78, 5) is 15.6. The van der Waals surface area contributed by atoms with Crippen molar-refractivity contribution in [1.82, 2.24) is 15.2 Å². The van der Waals surface area contributed by atoms with E-state index in [1.54, 1.807) is 0 Å². The molecule has 0 unspecified atom stereocenters. The molecule has 1 amide bonds. The molecule has 0 aliphatic carbocycles. The van der Waals surface area contributed by atoms with Gasteiger partial charge < -0.3 is 0 Å². The van der Waals surface area contributed by atoms with E-state index < -0.39 is 0 Å². The Hall–Kier alpha value is -2.17. The highest BCUT2D eigenvalue weighted by molar-refractivity contribution is 5.88. The largest absolute Gasteiger partial charge is 0.295 e. The predicted octanol–water partition coefficient (Wildman–Crippen LogP) is 2.40. The predicted molar refractivity (Wildman–Crippen MR) is 73.6 cm³/mol. The Bertz CT molecular complexity index is 495. The highest BCUT2D eigenvalue weighted by Gasteiger charge is 2.10. The molecule has 0 saturated carbocycles. The molecular formula is C14H18N4O. The topological polar surface area (TPSA) is 70.7 Å². The Kier molecular flexibility index (Phi) is 4.66. The van der Waals surface area contributed by atoms with Crippen LogP contribution in [0.15, 0.2) is 36.7 Å². The Balaban J connectivity index is 1.72. The SMILES string of the molecule is C[C@@H](CCc1ccccc1)CC(=O)Nc1ncn[nH]1. The van der Waals surface area contributed by atoms with Gasteiger partial charge in [-0.15, -0.1) is 0 Å². The summed E-state index contributed by atoms with van der Waals surface area (Å²) in [5, 5.41) is 8.97. The van der Waals surface area contributed by atoms with Gasteiger partial charge in [0.25, 0.3) is 0 Å².